The van der Waals surface area contributed by atoms with Gasteiger partial charge in [0.2, 0.25) is 17.2 Å². The van der Waals surface area contributed by atoms with Crippen LogP contribution in [0.4, 0.5) is 11.9 Å². The molecule has 2 heterocycles. The van der Waals surface area contributed by atoms with E-state index in [1.807, 2.05) is 26.1 Å². The lowest BCUT2D eigenvalue weighted by atomic mass is 10.2. The van der Waals surface area contributed by atoms with Gasteiger partial charge >= 0.3 is 0 Å². The Morgan fingerprint density at radius 2 is 1.89 bits per heavy atom. The highest BCUT2D eigenvalue weighted by molar-refractivity contribution is 6.28. The van der Waals surface area contributed by atoms with Gasteiger partial charge in [-0.05, 0) is 42.6 Å². The van der Waals surface area contributed by atoms with E-state index in [2.05, 4.69) is 30.6 Å². The molecule has 0 spiro atoms. The minimum atomic E-state index is 0.163. The molecule has 0 aliphatic heterocycles. The number of aromatic nitrogens is 4. The average Bonchev–Trinajstić information content (AvgIpc) is 2.37. The molecule has 0 aliphatic carbocycles. The number of nitrogens with zero attached hydrogens (tertiary/aromatic N) is 4. The summed E-state index contributed by atoms with van der Waals surface area (Å²) in [5, 5.41) is 6.28. The molecule has 2 N–H and O–H groups in total. The summed E-state index contributed by atoms with van der Waals surface area (Å²) < 4.78 is 0. The van der Waals surface area contributed by atoms with Crippen LogP contribution in [-0.4, -0.2) is 26.5 Å². The second-order valence-electron chi connectivity index (χ2n) is 3.94. The van der Waals surface area contributed by atoms with E-state index in [9.17, 15) is 0 Å². The quantitative estimate of drug-likeness (QED) is 0.874. The van der Waals surface area contributed by atoms with Crippen molar-refractivity contribution in [2.24, 2.45) is 0 Å². The highest BCUT2D eigenvalue weighted by atomic mass is 35.5. The lowest BCUT2D eigenvalue weighted by Crippen LogP contribution is -2.09. The molecule has 6 nitrogen and oxygen atoms in total. The molecule has 2 aromatic heterocycles. The van der Waals surface area contributed by atoms with Gasteiger partial charge in [0.05, 0.1) is 0 Å². The van der Waals surface area contributed by atoms with Crippen LogP contribution >= 0.6 is 11.6 Å². The Balaban J connectivity index is 2.09. The van der Waals surface area contributed by atoms with Crippen molar-refractivity contribution in [2.45, 2.75) is 20.4 Å². The molecule has 2 aromatic rings. The molecule has 0 radical (unpaired) electrons. The molecule has 0 fully saturated rings. The summed E-state index contributed by atoms with van der Waals surface area (Å²) in [6.45, 7) is 5.31. The third-order valence-corrected chi connectivity index (χ3v) is 2.70. The van der Waals surface area contributed by atoms with Crippen LogP contribution in [0.25, 0.3) is 0 Å². The van der Waals surface area contributed by atoms with Gasteiger partial charge in [-0.1, -0.05) is 0 Å². The van der Waals surface area contributed by atoms with E-state index in [1.165, 1.54) is 0 Å². The summed E-state index contributed by atoms with van der Waals surface area (Å²) in [7, 11) is 0. The Hall–Kier alpha value is -1.95. The zero-order chi connectivity index (χ0) is 13.7. The predicted molar refractivity (Wildman–Crippen MR) is 75.3 cm³/mol. The second-order valence-corrected chi connectivity index (χ2v) is 4.28. The third kappa shape index (κ3) is 3.75. The molecule has 0 aromatic carbocycles. The molecule has 0 saturated carbocycles. The standard InChI is InChI=1S/C12H15ClN6/c1-3-15-11-17-10(13)18-12(19-11)16-7-9-6-14-5-4-8(9)2/h4-6H,3,7H2,1-2H3,(H2,15,16,17,18,19). The van der Waals surface area contributed by atoms with Crippen molar-refractivity contribution in [1.82, 2.24) is 19.9 Å². The van der Waals surface area contributed by atoms with Crippen LogP contribution in [0.5, 0.6) is 0 Å². The first kappa shape index (κ1) is 13.5. The van der Waals surface area contributed by atoms with E-state index in [0.717, 1.165) is 17.7 Å². The summed E-state index contributed by atoms with van der Waals surface area (Å²) in [6, 6.07) is 1.96. The first-order chi connectivity index (χ1) is 9.19. The second kappa shape index (κ2) is 6.29. The lowest BCUT2D eigenvalue weighted by molar-refractivity contribution is 0.979. The maximum Gasteiger partial charge on any atom is 0.229 e. The molecule has 19 heavy (non-hydrogen) atoms. The van der Waals surface area contributed by atoms with Crippen LogP contribution in [0.3, 0.4) is 0 Å². The molecule has 0 aliphatic rings. The number of hydrogen-bond acceptors (Lipinski definition) is 6. The minimum absolute atomic E-state index is 0.163. The first-order valence-corrected chi connectivity index (χ1v) is 6.35. The van der Waals surface area contributed by atoms with Gasteiger partial charge in [-0.3, -0.25) is 4.98 Å². The van der Waals surface area contributed by atoms with Crippen molar-refractivity contribution in [3.63, 3.8) is 0 Å². The van der Waals surface area contributed by atoms with Crippen LogP contribution < -0.4 is 10.6 Å². The minimum Gasteiger partial charge on any atom is -0.354 e. The van der Waals surface area contributed by atoms with Crippen LogP contribution in [0.15, 0.2) is 18.5 Å². The molecule has 2 rings (SSSR count). The van der Waals surface area contributed by atoms with Gasteiger partial charge in [0.1, 0.15) is 0 Å². The van der Waals surface area contributed by atoms with E-state index < -0.39 is 0 Å². The Morgan fingerprint density at radius 1 is 1.16 bits per heavy atom. The molecule has 7 heteroatoms. The van der Waals surface area contributed by atoms with E-state index in [-0.39, 0.29) is 5.28 Å². The third-order valence-electron chi connectivity index (χ3n) is 2.53. The van der Waals surface area contributed by atoms with Crippen molar-refractivity contribution in [3.8, 4) is 0 Å². The fourth-order valence-electron chi connectivity index (χ4n) is 1.52. The number of anilines is 2. The highest BCUT2D eigenvalue weighted by Crippen LogP contribution is 2.11. The SMILES string of the molecule is CCNc1nc(Cl)nc(NCc2cnccc2C)n1. The summed E-state index contributed by atoms with van der Waals surface area (Å²) >= 11 is 5.84. The molecule has 0 amide bonds. The van der Waals surface area contributed by atoms with Gasteiger partial charge in [0, 0.05) is 25.5 Å². The predicted octanol–water partition coefficient (Wildman–Crippen LogP) is 2.27. The van der Waals surface area contributed by atoms with Crippen molar-refractivity contribution in [2.75, 3.05) is 17.2 Å². The van der Waals surface area contributed by atoms with Crippen molar-refractivity contribution >= 4 is 23.5 Å². The van der Waals surface area contributed by atoms with Crippen LogP contribution in [-0.2, 0) is 6.54 Å². The molecular weight excluding hydrogens is 264 g/mol. The Bertz CT molecular complexity index is 560. The van der Waals surface area contributed by atoms with E-state index in [4.69, 9.17) is 11.6 Å². The highest BCUT2D eigenvalue weighted by Gasteiger charge is 2.05. The molecule has 100 valence electrons. The molecule has 0 saturated heterocycles. The normalized spacial score (nSPS) is 10.3. The van der Waals surface area contributed by atoms with Crippen molar-refractivity contribution < 1.29 is 0 Å². The summed E-state index contributed by atoms with van der Waals surface area (Å²) in [6.07, 6.45) is 3.58. The average molecular weight is 279 g/mol. The lowest BCUT2D eigenvalue weighted by Gasteiger charge is -2.08. The number of pyridine rings is 1. The molecular formula is C12H15ClN6. The molecule has 0 unspecified atom stereocenters. The van der Waals surface area contributed by atoms with Gasteiger partial charge in [0.15, 0.2) is 0 Å². The van der Waals surface area contributed by atoms with Crippen LogP contribution in [0, 0.1) is 6.92 Å². The van der Waals surface area contributed by atoms with E-state index in [1.54, 1.807) is 6.20 Å². The zero-order valence-electron chi connectivity index (χ0n) is 10.8. The summed E-state index contributed by atoms with van der Waals surface area (Å²) in [5.41, 5.74) is 2.25. The number of aryl methyl sites for hydroxylation is 1. The van der Waals surface area contributed by atoms with Gasteiger partial charge in [-0.25, -0.2) is 0 Å². The number of nitrogens with one attached hydrogen (secondary N) is 2. The first-order valence-electron chi connectivity index (χ1n) is 5.98. The maximum absolute atomic E-state index is 5.84. The monoisotopic (exact) mass is 278 g/mol. The largest absolute Gasteiger partial charge is 0.354 e. The van der Waals surface area contributed by atoms with Gasteiger partial charge in [0.25, 0.3) is 0 Å². The number of rotatable bonds is 5. The topological polar surface area (TPSA) is 75.6 Å². The fraction of sp³-hybridized carbons (Fsp3) is 0.333. The Labute approximate surface area is 116 Å². The zero-order valence-corrected chi connectivity index (χ0v) is 11.6. The van der Waals surface area contributed by atoms with Crippen LogP contribution in [0.2, 0.25) is 5.28 Å². The van der Waals surface area contributed by atoms with Crippen molar-refractivity contribution in [3.05, 3.63) is 34.9 Å². The maximum atomic E-state index is 5.84. The number of halogens is 1. The smallest absolute Gasteiger partial charge is 0.229 e. The Kier molecular flexibility index (Phi) is 4.46. The fourth-order valence-corrected chi connectivity index (χ4v) is 1.68. The summed E-state index contributed by atoms with van der Waals surface area (Å²) in [4.78, 5) is 16.3. The van der Waals surface area contributed by atoms with Gasteiger partial charge in [-0.2, -0.15) is 15.0 Å². The van der Waals surface area contributed by atoms with Crippen LogP contribution in [0.1, 0.15) is 18.1 Å². The number of hydrogen-bond donors (Lipinski definition) is 2. The van der Waals surface area contributed by atoms with E-state index >= 15 is 0 Å². The Morgan fingerprint density at radius 3 is 2.58 bits per heavy atom. The van der Waals surface area contributed by atoms with E-state index in [0.29, 0.717) is 18.4 Å². The van der Waals surface area contributed by atoms with Crippen molar-refractivity contribution in [1.29, 1.82) is 0 Å². The summed E-state index contributed by atoms with van der Waals surface area (Å²) in [5.74, 6) is 0.909. The molecule has 0 bridgehead atoms. The van der Waals surface area contributed by atoms with Gasteiger partial charge < -0.3 is 10.6 Å². The molecule has 0 atom stereocenters. The van der Waals surface area contributed by atoms with Gasteiger partial charge in [-0.15, -0.1) is 0 Å².